The lowest BCUT2D eigenvalue weighted by atomic mass is 10.2. The zero-order valence-electron chi connectivity index (χ0n) is 16.9. The van der Waals surface area contributed by atoms with Crippen LogP contribution in [0, 0.1) is 0 Å². The van der Waals surface area contributed by atoms with Crippen molar-refractivity contribution in [1.82, 2.24) is 5.48 Å². The highest BCUT2D eigenvalue weighted by Crippen LogP contribution is 2.36. The average Bonchev–Trinajstić information content (AvgIpc) is 2.77. The number of carbonyl (C=O) groups is 1. The second kappa shape index (κ2) is 10.8. The minimum atomic E-state index is -4.10. The van der Waals surface area contributed by atoms with E-state index in [1.165, 1.54) is 36.7 Å². The molecular weight excluding hydrogens is 426 g/mol. The lowest BCUT2D eigenvalue weighted by molar-refractivity contribution is -0.140. The number of sulfone groups is 1. The van der Waals surface area contributed by atoms with E-state index in [-0.39, 0.29) is 10.6 Å². The highest BCUT2D eigenvalue weighted by Gasteiger charge is 2.49. The van der Waals surface area contributed by atoms with Crippen LogP contribution in [0.15, 0.2) is 59.5 Å². The van der Waals surface area contributed by atoms with Crippen molar-refractivity contribution in [3.05, 3.63) is 60.2 Å². The van der Waals surface area contributed by atoms with E-state index in [4.69, 9.17) is 9.94 Å². The first-order valence-corrected chi connectivity index (χ1v) is 12.1. The largest absolute Gasteiger partial charge is 0.494 e. The van der Waals surface area contributed by atoms with Gasteiger partial charge in [-0.2, -0.15) is 0 Å². The standard InChI is InChI=1S/C21H27NO6S2/c1-3-4-14-28-18-10-12-19(13-11-18)30(26,27)16(2)21(24,20(23)22-25)29-15-17-8-6-5-7-9-17/h5-13,16,24-25H,3-4,14-15H2,1-2H3,(H,22,23). The number of carbonyl (C=O) groups excluding carboxylic acids is 1. The van der Waals surface area contributed by atoms with Crippen LogP contribution in [0.2, 0.25) is 0 Å². The molecule has 0 spiro atoms. The second-order valence-electron chi connectivity index (χ2n) is 6.77. The Hall–Kier alpha value is -2.07. The molecule has 30 heavy (non-hydrogen) atoms. The van der Waals surface area contributed by atoms with Crippen molar-refractivity contribution in [1.29, 1.82) is 0 Å². The number of thioether (sulfide) groups is 1. The van der Waals surface area contributed by atoms with Crippen molar-refractivity contribution < 1.29 is 28.3 Å². The number of benzene rings is 2. The van der Waals surface area contributed by atoms with Gasteiger partial charge in [-0.15, -0.1) is 11.8 Å². The number of nitrogens with one attached hydrogen (secondary N) is 1. The molecule has 0 aliphatic rings. The monoisotopic (exact) mass is 453 g/mol. The Morgan fingerprint density at radius 1 is 1.17 bits per heavy atom. The fraction of sp³-hybridized carbons (Fsp3) is 0.381. The summed E-state index contributed by atoms with van der Waals surface area (Å²) in [6.45, 7) is 3.82. The lowest BCUT2D eigenvalue weighted by Gasteiger charge is -2.31. The predicted molar refractivity (Wildman–Crippen MR) is 116 cm³/mol. The highest BCUT2D eigenvalue weighted by molar-refractivity contribution is 8.02. The summed E-state index contributed by atoms with van der Waals surface area (Å²) in [5.41, 5.74) is 2.19. The van der Waals surface area contributed by atoms with E-state index in [0.717, 1.165) is 30.2 Å². The van der Waals surface area contributed by atoms with Gasteiger partial charge in [0.1, 0.15) is 11.0 Å². The third-order valence-corrected chi connectivity index (χ3v) is 8.47. The molecule has 0 heterocycles. The van der Waals surface area contributed by atoms with Crippen LogP contribution in [0.5, 0.6) is 5.75 Å². The molecule has 1 amide bonds. The van der Waals surface area contributed by atoms with Crippen LogP contribution in [-0.2, 0) is 20.4 Å². The molecule has 0 radical (unpaired) electrons. The summed E-state index contributed by atoms with van der Waals surface area (Å²) in [4.78, 5) is 9.80. The van der Waals surface area contributed by atoms with Crippen LogP contribution in [0.3, 0.4) is 0 Å². The first kappa shape index (κ1) is 24.2. The topological polar surface area (TPSA) is 113 Å². The number of ether oxygens (including phenoxy) is 1. The Bertz CT molecular complexity index is 918. The third-order valence-electron chi connectivity index (χ3n) is 4.66. The third kappa shape index (κ3) is 5.75. The number of hydrogen-bond acceptors (Lipinski definition) is 7. The van der Waals surface area contributed by atoms with Gasteiger partial charge in [-0.1, -0.05) is 43.7 Å². The first-order chi connectivity index (χ1) is 14.3. The molecule has 0 saturated heterocycles. The molecule has 0 aliphatic heterocycles. The minimum absolute atomic E-state index is 0.0534. The molecule has 2 aromatic rings. The van der Waals surface area contributed by atoms with Crippen molar-refractivity contribution in [3.8, 4) is 5.75 Å². The zero-order valence-corrected chi connectivity index (χ0v) is 18.6. The maximum Gasteiger partial charge on any atom is 0.287 e. The summed E-state index contributed by atoms with van der Waals surface area (Å²) in [5, 5.41) is 18.6. The number of unbranched alkanes of at least 4 members (excludes halogenated alkanes) is 1. The van der Waals surface area contributed by atoms with Crippen molar-refractivity contribution in [3.63, 3.8) is 0 Å². The Morgan fingerprint density at radius 3 is 2.37 bits per heavy atom. The van der Waals surface area contributed by atoms with Crippen LogP contribution in [0.1, 0.15) is 32.3 Å². The molecule has 164 valence electrons. The number of hydroxylamine groups is 1. The van der Waals surface area contributed by atoms with Crippen LogP contribution in [0.4, 0.5) is 0 Å². The molecule has 2 atom stereocenters. The zero-order chi connectivity index (χ0) is 22.2. The summed E-state index contributed by atoms with van der Waals surface area (Å²) in [5.74, 6) is -0.481. The van der Waals surface area contributed by atoms with E-state index in [9.17, 15) is 18.3 Å². The van der Waals surface area contributed by atoms with Gasteiger partial charge in [0, 0.05) is 5.75 Å². The number of rotatable bonds is 11. The van der Waals surface area contributed by atoms with Crippen molar-refractivity contribution >= 4 is 27.5 Å². The molecule has 7 nitrogen and oxygen atoms in total. The molecule has 2 unspecified atom stereocenters. The molecular formula is C21H27NO6S2. The van der Waals surface area contributed by atoms with Gasteiger partial charge in [0.25, 0.3) is 5.91 Å². The van der Waals surface area contributed by atoms with Gasteiger partial charge >= 0.3 is 0 Å². The number of amides is 1. The van der Waals surface area contributed by atoms with Gasteiger partial charge in [-0.25, -0.2) is 13.9 Å². The molecule has 2 rings (SSSR count). The Kier molecular flexibility index (Phi) is 8.72. The molecule has 0 aromatic heterocycles. The van der Waals surface area contributed by atoms with E-state index in [2.05, 4.69) is 0 Å². The van der Waals surface area contributed by atoms with Gasteiger partial charge in [0.2, 0.25) is 4.93 Å². The normalized spacial score (nSPS) is 14.5. The van der Waals surface area contributed by atoms with Gasteiger partial charge in [0.05, 0.1) is 11.5 Å². The van der Waals surface area contributed by atoms with Gasteiger partial charge in [0.15, 0.2) is 9.84 Å². The quantitative estimate of drug-likeness (QED) is 0.207. The highest BCUT2D eigenvalue weighted by atomic mass is 32.2. The molecule has 3 N–H and O–H groups in total. The van der Waals surface area contributed by atoms with E-state index < -0.39 is 25.9 Å². The molecule has 0 bridgehead atoms. The molecule has 0 aliphatic carbocycles. The summed E-state index contributed by atoms with van der Waals surface area (Å²) < 4.78 is 31.8. The first-order valence-electron chi connectivity index (χ1n) is 9.57. The maximum absolute atomic E-state index is 13.1. The minimum Gasteiger partial charge on any atom is -0.494 e. The van der Waals surface area contributed by atoms with Gasteiger partial charge in [-0.3, -0.25) is 10.0 Å². The number of aliphatic hydroxyl groups is 1. The van der Waals surface area contributed by atoms with E-state index >= 15 is 0 Å². The average molecular weight is 454 g/mol. The Labute approximate surface area is 181 Å². The molecule has 2 aromatic carbocycles. The van der Waals surface area contributed by atoms with Crippen molar-refractivity contribution in [2.24, 2.45) is 0 Å². The van der Waals surface area contributed by atoms with Crippen molar-refractivity contribution in [2.45, 2.75) is 47.5 Å². The van der Waals surface area contributed by atoms with E-state index in [1.54, 1.807) is 24.3 Å². The summed E-state index contributed by atoms with van der Waals surface area (Å²) in [6, 6.07) is 14.8. The fourth-order valence-corrected chi connectivity index (χ4v) is 5.72. The summed E-state index contributed by atoms with van der Waals surface area (Å²) >= 11 is 0.736. The van der Waals surface area contributed by atoms with Crippen LogP contribution >= 0.6 is 11.8 Å². The number of hydrogen-bond donors (Lipinski definition) is 3. The van der Waals surface area contributed by atoms with E-state index in [0.29, 0.717) is 12.4 Å². The molecule has 9 heteroatoms. The lowest BCUT2D eigenvalue weighted by Crippen LogP contribution is -2.53. The Balaban J connectivity index is 2.24. The molecule has 0 saturated carbocycles. The second-order valence-corrected chi connectivity index (χ2v) is 10.2. The van der Waals surface area contributed by atoms with E-state index in [1.807, 2.05) is 13.0 Å². The SMILES string of the molecule is CCCCOc1ccc(S(=O)(=O)C(C)C(O)(SCc2ccccc2)C(=O)NO)cc1. The van der Waals surface area contributed by atoms with Gasteiger partial charge in [-0.05, 0) is 43.2 Å². The fourth-order valence-electron chi connectivity index (χ4n) is 2.69. The Morgan fingerprint density at radius 2 is 1.80 bits per heavy atom. The van der Waals surface area contributed by atoms with Crippen LogP contribution in [0.25, 0.3) is 0 Å². The molecule has 0 fully saturated rings. The van der Waals surface area contributed by atoms with Crippen molar-refractivity contribution in [2.75, 3.05) is 6.61 Å². The van der Waals surface area contributed by atoms with Crippen LogP contribution in [-0.4, -0.2) is 41.4 Å². The maximum atomic E-state index is 13.1. The predicted octanol–water partition coefficient (Wildman–Crippen LogP) is 3.16. The van der Waals surface area contributed by atoms with Crippen LogP contribution < -0.4 is 10.2 Å². The van der Waals surface area contributed by atoms with Gasteiger partial charge < -0.3 is 9.84 Å². The summed E-state index contributed by atoms with van der Waals surface area (Å²) in [6.07, 6.45) is 1.87. The summed E-state index contributed by atoms with van der Waals surface area (Å²) in [7, 11) is -4.10. The smallest absolute Gasteiger partial charge is 0.287 e.